The minimum Gasteiger partial charge on any atom is -0.398 e. The van der Waals surface area contributed by atoms with Crippen LogP contribution in [0.5, 0.6) is 0 Å². The number of halogens is 2. The van der Waals surface area contributed by atoms with E-state index in [1.165, 1.54) is 6.07 Å². The summed E-state index contributed by atoms with van der Waals surface area (Å²) in [4.78, 5) is 10.2. The summed E-state index contributed by atoms with van der Waals surface area (Å²) in [6, 6.07) is 2.45. The van der Waals surface area contributed by atoms with E-state index >= 15 is 0 Å². The van der Waals surface area contributed by atoms with E-state index in [4.69, 9.17) is 5.73 Å². The molecule has 11 heavy (non-hydrogen) atoms. The lowest BCUT2D eigenvalue weighted by Gasteiger charge is -1.99. The molecule has 0 bridgehead atoms. The molecule has 0 aliphatic rings. The minimum absolute atomic E-state index is 0.172. The maximum Gasteiger partial charge on any atom is 0.152 e. The topological polar surface area (TPSA) is 43.1 Å². The lowest BCUT2D eigenvalue weighted by molar-refractivity contribution is 0.112. The van der Waals surface area contributed by atoms with Crippen LogP contribution in [0.3, 0.4) is 0 Å². The van der Waals surface area contributed by atoms with Crippen molar-refractivity contribution < 1.29 is 9.18 Å². The van der Waals surface area contributed by atoms with Crippen molar-refractivity contribution in [1.29, 1.82) is 0 Å². The standard InChI is InChI=1S/C7H5BrFNO/c8-5-2-7(10)4(3-11)1-6(5)9/h1-3H,10H2. The molecular formula is C7H5BrFNO. The molecule has 0 unspecified atom stereocenters. The van der Waals surface area contributed by atoms with Crippen molar-refractivity contribution in [2.45, 2.75) is 0 Å². The first kappa shape index (κ1) is 8.20. The summed E-state index contributed by atoms with van der Waals surface area (Å²) in [6.07, 6.45) is 0.519. The largest absolute Gasteiger partial charge is 0.398 e. The molecule has 0 aliphatic heterocycles. The van der Waals surface area contributed by atoms with Crippen molar-refractivity contribution >= 4 is 27.9 Å². The maximum atomic E-state index is 12.7. The van der Waals surface area contributed by atoms with Gasteiger partial charge in [0.2, 0.25) is 0 Å². The number of carbonyl (C=O) groups is 1. The van der Waals surface area contributed by atoms with Crippen molar-refractivity contribution in [3.05, 3.63) is 28.0 Å². The average Bonchev–Trinajstić information content (AvgIpc) is 1.97. The summed E-state index contributed by atoms with van der Waals surface area (Å²) in [7, 11) is 0. The van der Waals surface area contributed by atoms with Crippen molar-refractivity contribution in [2.24, 2.45) is 0 Å². The van der Waals surface area contributed by atoms with Crippen LogP contribution in [0, 0.1) is 5.82 Å². The van der Waals surface area contributed by atoms with E-state index in [2.05, 4.69) is 15.9 Å². The van der Waals surface area contributed by atoms with Gasteiger partial charge < -0.3 is 5.73 Å². The number of rotatable bonds is 1. The van der Waals surface area contributed by atoms with Crippen molar-refractivity contribution in [3.8, 4) is 0 Å². The summed E-state index contributed by atoms with van der Waals surface area (Å²) in [5.74, 6) is -0.485. The molecule has 0 radical (unpaired) electrons. The quantitative estimate of drug-likeness (QED) is 0.578. The van der Waals surface area contributed by atoms with Gasteiger partial charge in [0.05, 0.1) is 4.47 Å². The second-order valence-corrected chi connectivity index (χ2v) is 2.87. The van der Waals surface area contributed by atoms with E-state index in [0.29, 0.717) is 6.29 Å². The van der Waals surface area contributed by atoms with Crippen molar-refractivity contribution in [3.63, 3.8) is 0 Å². The Morgan fingerprint density at radius 3 is 2.73 bits per heavy atom. The zero-order valence-corrected chi connectivity index (χ0v) is 7.06. The van der Waals surface area contributed by atoms with Gasteiger partial charge in [-0.25, -0.2) is 4.39 Å². The summed E-state index contributed by atoms with van der Waals surface area (Å²) >= 11 is 2.94. The summed E-state index contributed by atoms with van der Waals surface area (Å²) < 4.78 is 12.9. The van der Waals surface area contributed by atoms with Crippen LogP contribution in [0.2, 0.25) is 0 Å². The van der Waals surface area contributed by atoms with Crippen LogP contribution in [-0.2, 0) is 0 Å². The molecule has 1 rings (SSSR count). The number of anilines is 1. The highest BCUT2D eigenvalue weighted by Gasteiger charge is 2.03. The average molecular weight is 218 g/mol. The fourth-order valence-corrected chi connectivity index (χ4v) is 1.04. The third-order valence-electron chi connectivity index (χ3n) is 1.25. The Hall–Kier alpha value is -0.900. The molecule has 4 heteroatoms. The number of aldehydes is 1. The second kappa shape index (κ2) is 3.00. The maximum absolute atomic E-state index is 12.7. The Morgan fingerprint density at radius 1 is 1.55 bits per heavy atom. The third kappa shape index (κ3) is 1.57. The summed E-state index contributed by atoms with van der Waals surface area (Å²) in [5, 5.41) is 0. The predicted molar refractivity (Wildman–Crippen MR) is 43.9 cm³/mol. The van der Waals surface area contributed by atoms with Crippen LogP contribution in [0.1, 0.15) is 10.4 Å². The lowest BCUT2D eigenvalue weighted by atomic mass is 10.2. The zero-order valence-electron chi connectivity index (χ0n) is 5.47. The molecule has 1 aromatic rings. The van der Waals surface area contributed by atoms with E-state index in [9.17, 15) is 9.18 Å². The van der Waals surface area contributed by atoms with Gasteiger partial charge in [-0.15, -0.1) is 0 Å². The highest BCUT2D eigenvalue weighted by atomic mass is 79.9. The van der Waals surface area contributed by atoms with Gasteiger partial charge in [-0.3, -0.25) is 4.79 Å². The van der Waals surface area contributed by atoms with Gasteiger partial charge in [0.15, 0.2) is 6.29 Å². The van der Waals surface area contributed by atoms with E-state index in [-0.39, 0.29) is 15.7 Å². The third-order valence-corrected chi connectivity index (χ3v) is 1.86. The zero-order chi connectivity index (χ0) is 8.43. The van der Waals surface area contributed by atoms with Gasteiger partial charge in [-0.2, -0.15) is 0 Å². The molecule has 0 atom stereocenters. The second-order valence-electron chi connectivity index (χ2n) is 2.01. The molecule has 0 amide bonds. The molecule has 0 saturated carbocycles. The fraction of sp³-hybridized carbons (Fsp3) is 0. The van der Waals surface area contributed by atoms with Crippen LogP contribution in [-0.4, -0.2) is 6.29 Å². The predicted octanol–water partition coefficient (Wildman–Crippen LogP) is 1.98. The Bertz CT molecular complexity index is 301. The highest BCUT2D eigenvalue weighted by molar-refractivity contribution is 9.10. The monoisotopic (exact) mass is 217 g/mol. The van der Waals surface area contributed by atoms with Gasteiger partial charge in [-0.1, -0.05) is 0 Å². The molecule has 1 aromatic carbocycles. The number of benzene rings is 1. The summed E-state index contributed by atoms with van der Waals surface area (Å²) in [5.41, 5.74) is 5.82. The first-order chi connectivity index (χ1) is 5.15. The summed E-state index contributed by atoms with van der Waals surface area (Å²) in [6.45, 7) is 0. The highest BCUT2D eigenvalue weighted by Crippen LogP contribution is 2.21. The smallest absolute Gasteiger partial charge is 0.152 e. The first-order valence-electron chi connectivity index (χ1n) is 2.85. The normalized spacial score (nSPS) is 9.64. The Morgan fingerprint density at radius 2 is 2.18 bits per heavy atom. The van der Waals surface area contributed by atoms with Crippen LogP contribution >= 0.6 is 15.9 Å². The molecule has 0 heterocycles. The molecule has 0 saturated heterocycles. The van der Waals surface area contributed by atoms with Crippen molar-refractivity contribution in [1.82, 2.24) is 0 Å². The van der Waals surface area contributed by atoms with Crippen LogP contribution in [0.25, 0.3) is 0 Å². The van der Waals surface area contributed by atoms with Crippen LogP contribution < -0.4 is 5.73 Å². The molecule has 2 nitrogen and oxygen atoms in total. The van der Waals surface area contributed by atoms with E-state index in [0.717, 1.165) is 6.07 Å². The van der Waals surface area contributed by atoms with Crippen LogP contribution in [0.15, 0.2) is 16.6 Å². The molecule has 0 fully saturated rings. The van der Waals surface area contributed by atoms with Crippen LogP contribution in [0.4, 0.5) is 10.1 Å². The Labute approximate surface area is 71.3 Å². The van der Waals surface area contributed by atoms with E-state index in [1.54, 1.807) is 0 Å². The number of hydrogen-bond donors (Lipinski definition) is 1. The molecular weight excluding hydrogens is 213 g/mol. The molecule has 2 N–H and O–H groups in total. The molecule has 0 aliphatic carbocycles. The Balaban J connectivity index is 3.31. The van der Waals surface area contributed by atoms with Gasteiger partial charge in [0.1, 0.15) is 5.82 Å². The number of nitrogens with two attached hydrogens (primary N) is 1. The van der Waals surface area contributed by atoms with E-state index < -0.39 is 5.82 Å². The van der Waals surface area contributed by atoms with Gasteiger partial charge in [-0.05, 0) is 28.1 Å². The Kier molecular flexibility index (Phi) is 2.24. The molecule has 58 valence electrons. The minimum atomic E-state index is -0.485. The number of carbonyl (C=O) groups excluding carboxylic acids is 1. The fourth-order valence-electron chi connectivity index (χ4n) is 0.680. The number of hydrogen-bond acceptors (Lipinski definition) is 2. The first-order valence-corrected chi connectivity index (χ1v) is 3.64. The van der Waals surface area contributed by atoms with Crippen molar-refractivity contribution in [2.75, 3.05) is 5.73 Å². The SMILES string of the molecule is Nc1cc(Br)c(F)cc1C=O. The van der Waals surface area contributed by atoms with Gasteiger partial charge in [0, 0.05) is 11.3 Å². The lowest BCUT2D eigenvalue weighted by Crippen LogP contribution is -1.94. The van der Waals surface area contributed by atoms with Gasteiger partial charge >= 0.3 is 0 Å². The van der Waals surface area contributed by atoms with E-state index in [1.807, 2.05) is 0 Å². The van der Waals surface area contributed by atoms with Gasteiger partial charge in [0.25, 0.3) is 0 Å². The number of nitrogen functional groups attached to an aromatic ring is 1. The molecule has 0 aromatic heterocycles. The molecule has 0 spiro atoms.